The van der Waals surface area contributed by atoms with Crippen molar-refractivity contribution < 1.29 is 19.4 Å². The van der Waals surface area contributed by atoms with Crippen molar-refractivity contribution in [2.45, 2.75) is 25.8 Å². The molecule has 26 heavy (non-hydrogen) atoms. The van der Waals surface area contributed by atoms with E-state index in [0.717, 1.165) is 5.56 Å². The van der Waals surface area contributed by atoms with Crippen molar-refractivity contribution in [1.29, 1.82) is 0 Å². The molecular formula is C20H22ClNO4. The number of methoxy groups -OCH3 is 1. The number of nitrogens with zero attached hydrogens (tertiary/aromatic N) is 1. The number of ether oxygens (including phenoxy) is 1. The largest absolute Gasteiger partial charge is 0.497 e. The number of hydrogen-bond donors (Lipinski definition) is 1. The lowest BCUT2D eigenvalue weighted by Gasteiger charge is -2.23. The molecule has 2 aromatic carbocycles. The summed E-state index contributed by atoms with van der Waals surface area (Å²) < 4.78 is 5.12. The van der Waals surface area contributed by atoms with Crippen LogP contribution >= 0.6 is 11.6 Å². The summed E-state index contributed by atoms with van der Waals surface area (Å²) in [5.74, 6) is -0.324. The van der Waals surface area contributed by atoms with Gasteiger partial charge in [0.1, 0.15) is 5.75 Å². The average Bonchev–Trinajstić information content (AvgIpc) is 2.63. The number of carbonyl (C=O) groups is 2. The molecule has 1 amide bonds. The number of rotatable bonds is 9. The Morgan fingerprint density at radius 1 is 1.15 bits per heavy atom. The molecule has 0 radical (unpaired) electrons. The zero-order valence-electron chi connectivity index (χ0n) is 14.7. The first-order chi connectivity index (χ1) is 12.5. The molecule has 0 atom stereocenters. The zero-order valence-corrected chi connectivity index (χ0v) is 15.4. The minimum absolute atomic E-state index is 0.0296. The molecule has 2 aromatic rings. The Labute approximate surface area is 158 Å². The lowest BCUT2D eigenvalue weighted by atomic mass is 10.1. The molecule has 0 heterocycles. The zero-order chi connectivity index (χ0) is 18.9. The monoisotopic (exact) mass is 375 g/mol. The Kier molecular flexibility index (Phi) is 7.48. The molecule has 138 valence electrons. The van der Waals surface area contributed by atoms with Crippen molar-refractivity contribution in [1.82, 2.24) is 4.90 Å². The molecule has 0 aromatic heterocycles. The second-order valence-electron chi connectivity index (χ2n) is 5.93. The van der Waals surface area contributed by atoms with Crippen LogP contribution in [0.2, 0.25) is 5.02 Å². The van der Waals surface area contributed by atoms with Crippen LogP contribution in [-0.4, -0.2) is 35.5 Å². The highest BCUT2D eigenvalue weighted by atomic mass is 35.5. The predicted molar refractivity (Wildman–Crippen MR) is 100 cm³/mol. The summed E-state index contributed by atoms with van der Waals surface area (Å²) in [6, 6.07) is 14.8. The van der Waals surface area contributed by atoms with Crippen LogP contribution in [0, 0.1) is 0 Å². The lowest BCUT2D eigenvalue weighted by molar-refractivity contribution is -0.138. The summed E-state index contributed by atoms with van der Waals surface area (Å²) in [5, 5.41) is 9.32. The Bertz CT molecular complexity index is 749. The highest BCUT2D eigenvalue weighted by molar-refractivity contribution is 6.31. The van der Waals surface area contributed by atoms with Crippen molar-refractivity contribution in [3.05, 3.63) is 64.7 Å². The first-order valence-corrected chi connectivity index (χ1v) is 8.73. The molecule has 0 bridgehead atoms. The van der Waals surface area contributed by atoms with Crippen molar-refractivity contribution in [3.8, 4) is 5.75 Å². The maximum Gasteiger partial charge on any atom is 0.303 e. The molecule has 2 rings (SSSR count). The fraction of sp³-hybridized carbons (Fsp3) is 0.300. The van der Waals surface area contributed by atoms with E-state index in [1.807, 2.05) is 30.3 Å². The summed E-state index contributed by atoms with van der Waals surface area (Å²) >= 11 is 6.23. The Balaban J connectivity index is 2.09. The standard InChI is InChI=1S/C20H22ClNO4/c1-26-17-10-9-16(18(21)13-17)12-19(23)22(11-5-8-20(24)25)14-15-6-3-2-4-7-15/h2-4,6-7,9-10,13H,5,8,11-12,14H2,1H3,(H,24,25). The van der Waals surface area contributed by atoms with E-state index in [1.165, 1.54) is 0 Å². The van der Waals surface area contributed by atoms with Gasteiger partial charge >= 0.3 is 5.97 Å². The normalized spacial score (nSPS) is 10.4. The molecule has 0 fully saturated rings. The third-order valence-corrected chi connectivity index (χ3v) is 4.34. The van der Waals surface area contributed by atoms with E-state index < -0.39 is 5.97 Å². The molecule has 0 aliphatic carbocycles. The SMILES string of the molecule is COc1ccc(CC(=O)N(CCCC(=O)O)Cc2ccccc2)c(Cl)c1. The molecule has 0 saturated heterocycles. The van der Waals surface area contributed by atoms with Gasteiger partial charge in [0.2, 0.25) is 5.91 Å². The summed E-state index contributed by atoms with van der Waals surface area (Å²) in [6.45, 7) is 0.820. The molecule has 0 spiro atoms. The number of benzene rings is 2. The Hall–Kier alpha value is -2.53. The van der Waals surface area contributed by atoms with Crippen LogP contribution in [0.3, 0.4) is 0 Å². The molecule has 0 aliphatic rings. The minimum atomic E-state index is -0.865. The van der Waals surface area contributed by atoms with Gasteiger partial charge in [-0.25, -0.2) is 0 Å². The number of carboxylic acids is 1. The quantitative estimate of drug-likeness (QED) is 0.724. The van der Waals surface area contributed by atoms with Gasteiger partial charge in [0.05, 0.1) is 13.5 Å². The van der Waals surface area contributed by atoms with Gasteiger partial charge in [0.25, 0.3) is 0 Å². The third kappa shape index (κ3) is 6.08. The van der Waals surface area contributed by atoms with E-state index in [1.54, 1.807) is 30.2 Å². The van der Waals surface area contributed by atoms with Gasteiger partial charge in [-0.2, -0.15) is 0 Å². The van der Waals surface area contributed by atoms with E-state index in [-0.39, 0.29) is 18.7 Å². The average molecular weight is 376 g/mol. The molecule has 0 saturated carbocycles. The highest BCUT2D eigenvalue weighted by Gasteiger charge is 2.17. The van der Waals surface area contributed by atoms with Gasteiger partial charge in [-0.1, -0.05) is 48.0 Å². The van der Waals surface area contributed by atoms with Crippen LogP contribution in [0.5, 0.6) is 5.75 Å². The van der Waals surface area contributed by atoms with Gasteiger partial charge in [0, 0.05) is 24.5 Å². The van der Waals surface area contributed by atoms with Crippen molar-refractivity contribution in [2.75, 3.05) is 13.7 Å². The van der Waals surface area contributed by atoms with Gasteiger partial charge < -0.3 is 14.7 Å². The topological polar surface area (TPSA) is 66.8 Å². The summed E-state index contributed by atoms with van der Waals surface area (Å²) in [7, 11) is 1.56. The highest BCUT2D eigenvalue weighted by Crippen LogP contribution is 2.23. The number of hydrogen-bond acceptors (Lipinski definition) is 3. The fourth-order valence-electron chi connectivity index (χ4n) is 2.59. The fourth-order valence-corrected chi connectivity index (χ4v) is 2.83. The van der Waals surface area contributed by atoms with E-state index in [9.17, 15) is 9.59 Å². The third-order valence-electron chi connectivity index (χ3n) is 3.99. The van der Waals surface area contributed by atoms with Crippen LogP contribution in [0.1, 0.15) is 24.0 Å². The predicted octanol–water partition coefficient (Wildman–Crippen LogP) is 3.78. The Morgan fingerprint density at radius 3 is 2.50 bits per heavy atom. The van der Waals surface area contributed by atoms with E-state index in [0.29, 0.717) is 35.8 Å². The van der Waals surface area contributed by atoms with Crippen LogP contribution in [0.4, 0.5) is 0 Å². The van der Waals surface area contributed by atoms with Gasteiger partial charge in [-0.3, -0.25) is 9.59 Å². The lowest BCUT2D eigenvalue weighted by Crippen LogP contribution is -2.33. The van der Waals surface area contributed by atoms with Crippen molar-refractivity contribution >= 4 is 23.5 Å². The molecule has 1 N–H and O–H groups in total. The van der Waals surface area contributed by atoms with Gasteiger partial charge in [-0.05, 0) is 29.7 Å². The Morgan fingerprint density at radius 2 is 1.88 bits per heavy atom. The maximum absolute atomic E-state index is 12.8. The maximum atomic E-state index is 12.8. The number of halogens is 1. The summed E-state index contributed by atoms with van der Waals surface area (Å²) in [4.78, 5) is 25.2. The molecule has 0 aliphatic heterocycles. The summed E-state index contributed by atoms with van der Waals surface area (Å²) in [5.41, 5.74) is 1.71. The second kappa shape index (κ2) is 9.82. The van der Waals surface area contributed by atoms with Crippen LogP contribution < -0.4 is 4.74 Å². The first-order valence-electron chi connectivity index (χ1n) is 8.35. The summed E-state index contributed by atoms with van der Waals surface area (Å²) in [6.07, 6.45) is 0.592. The van der Waals surface area contributed by atoms with Gasteiger partial charge in [-0.15, -0.1) is 0 Å². The van der Waals surface area contributed by atoms with Crippen LogP contribution in [-0.2, 0) is 22.6 Å². The van der Waals surface area contributed by atoms with E-state index in [2.05, 4.69) is 0 Å². The van der Waals surface area contributed by atoms with E-state index in [4.69, 9.17) is 21.4 Å². The first kappa shape index (κ1) is 19.8. The molecule has 5 nitrogen and oxygen atoms in total. The molecule has 0 unspecified atom stereocenters. The van der Waals surface area contributed by atoms with Crippen LogP contribution in [0.25, 0.3) is 0 Å². The number of carboxylic acid groups (broad SMARTS) is 1. The minimum Gasteiger partial charge on any atom is -0.497 e. The van der Waals surface area contributed by atoms with Gasteiger partial charge in [0.15, 0.2) is 0 Å². The van der Waals surface area contributed by atoms with Crippen molar-refractivity contribution in [2.24, 2.45) is 0 Å². The van der Waals surface area contributed by atoms with Crippen molar-refractivity contribution in [3.63, 3.8) is 0 Å². The number of amides is 1. The molecule has 6 heteroatoms. The second-order valence-corrected chi connectivity index (χ2v) is 6.34. The number of aliphatic carboxylic acids is 1. The van der Waals surface area contributed by atoms with E-state index >= 15 is 0 Å². The molecular weight excluding hydrogens is 354 g/mol. The van der Waals surface area contributed by atoms with Crippen LogP contribution in [0.15, 0.2) is 48.5 Å². The smallest absolute Gasteiger partial charge is 0.303 e. The number of carbonyl (C=O) groups excluding carboxylic acids is 1.